The fourth-order valence-electron chi connectivity index (χ4n) is 1.95. The van der Waals surface area contributed by atoms with Crippen LogP contribution in [0.5, 0.6) is 17.2 Å². The summed E-state index contributed by atoms with van der Waals surface area (Å²) in [6.45, 7) is 1.02. The van der Waals surface area contributed by atoms with Crippen LogP contribution >= 0.6 is 0 Å². The van der Waals surface area contributed by atoms with Crippen molar-refractivity contribution in [1.29, 1.82) is 0 Å². The largest absolute Gasteiger partial charge is 0.508 e. The molecule has 1 N–H and O–H groups in total. The van der Waals surface area contributed by atoms with Gasteiger partial charge in [0.15, 0.2) is 11.5 Å². The molecule has 0 atom stereocenters. The maximum absolute atomic E-state index is 13.7. The van der Waals surface area contributed by atoms with Crippen LogP contribution in [0.1, 0.15) is 0 Å². The van der Waals surface area contributed by atoms with Crippen molar-refractivity contribution in [3.8, 4) is 28.4 Å². The third kappa shape index (κ3) is 1.86. The number of halogens is 1. The van der Waals surface area contributed by atoms with E-state index in [0.29, 0.717) is 35.8 Å². The van der Waals surface area contributed by atoms with Gasteiger partial charge in [-0.3, -0.25) is 0 Å². The first-order valence-electron chi connectivity index (χ1n) is 5.62. The molecular formula is C14H11FO3. The Morgan fingerprint density at radius 1 is 0.944 bits per heavy atom. The lowest BCUT2D eigenvalue weighted by Crippen LogP contribution is -2.15. The van der Waals surface area contributed by atoms with E-state index in [0.717, 1.165) is 6.07 Å². The Labute approximate surface area is 103 Å². The van der Waals surface area contributed by atoms with Crippen molar-refractivity contribution in [1.82, 2.24) is 0 Å². The Kier molecular flexibility index (Phi) is 2.55. The molecule has 2 aromatic carbocycles. The fourth-order valence-corrected chi connectivity index (χ4v) is 1.95. The number of rotatable bonds is 1. The highest BCUT2D eigenvalue weighted by atomic mass is 19.1. The van der Waals surface area contributed by atoms with Gasteiger partial charge in [0.1, 0.15) is 24.8 Å². The van der Waals surface area contributed by atoms with Crippen LogP contribution in [-0.4, -0.2) is 18.3 Å². The number of phenols is 1. The standard InChI is InChI=1S/C14H11FO3/c15-12-8-10(16)2-3-11(12)9-1-4-13-14(7-9)18-6-5-17-13/h1-4,7-8,16H,5-6H2. The summed E-state index contributed by atoms with van der Waals surface area (Å²) in [6, 6.07) is 9.35. The molecule has 1 aliphatic heterocycles. The minimum Gasteiger partial charge on any atom is -0.508 e. The summed E-state index contributed by atoms with van der Waals surface area (Å²) < 4.78 is 24.6. The van der Waals surface area contributed by atoms with Crippen molar-refractivity contribution in [2.24, 2.45) is 0 Å². The Bertz CT molecular complexity index is 596. The number of fused-ring (bicyclic) bond motifs is 1. The second-order valence-corrected chi connectivity index (χ2v) is 4.02. The highest BCUT2D eigenvalue weighted by Crippen LogP contribution is 2.35. The van der Waals surface area contributed by atoms with E-state index < -0.39 is 5.82 Å². The lowest BCUT2D eigenvalue weighted by Gasteiger charge is -2.19. The van der Waals surface area contributed by atoms with Crippen LogP contribution in [0, 0.1) is 5.82 Å². The molecule has 0 saturated carbocycles. The highest BCUT2D eigenvalue weighted by Gasteiger charge is 2.14. The van der Waals surface area contributed by atoms with Crippen LogP contribution in [0.4, 0.5) is 4.39 Å². The summed E-state index contributed by atoms with van der Waals surface area (Å²) in [6.07, 6.45) is 0. The van der Waals surface area contributed by atoms with Crippen molar-refractivity contribution < 1.29 is 19.0 Å². The molecule has 0 fully saturated rings. The number of aromatic hydroxyl groups is 1. The van der Waals surface area contributed by atoms with E-state index in [1.54, 1.807) is 18.2 Å². The normalized spacial score (nSPS) is 13.4. The molecule has 0 spiro atoms. The van der Waals surface area contributed by atoms with Crippen molar-refractivity contribution >= 4 is 0 Å². The molecule has 0 bridgehead atoms. The molecule has 0 aromatic heterocycles. The maximum atomic E-state index is 13.7. The van der Waals surface area contributed by atoms with Gasteiger partial charge in [0.2, 0.25) is 0 Å². The quantitative estimate of drug-likeness (QED) is 0.840. The average molecular weight is 246 g/mol. The first-order valence-corrected chi connectivity index (χ1v) is 5.62. The minimum atomic E-state index is -0.466. The second kappa shape index (κ2) is 4.22. The lowest BCUT2D eigenvalue weighted by atomic mass is 10.0. The molecular weight excluding hydrogens is 235 g/mol. The zero-order valence-corrected chi connectivity index (χ0v) is 9.52. The van der Waals surface area contributed by atoms with E-state index in [9.17, 15) is 9.50 Å². The van der Waals surface area contributed by atoms with Gasteiger partial charge in [0.25, 0.3) is 0 Å². The van der Waals surface area contributed by atoms with Gasteiger partial charge in [0, 0.05) is 11.6 Å². The predicted octanol–water partition coefficient (Wildman–Crippen LogP) is 2.97. The van der Waals surface area contributed by atoms with Crippen molar-refractivity contribution in [3.63, 3.8) is 0 Å². The van der Waals surface area contributed by atoms with Crippen LogP contribution in [-0.2, 0) is 0 Å². The Morgan fingerprint density at radius 3 is 2.50 bits per heavy atom. The van der Waals surface area contributed by atoms with Crippen LogP contribution in [0.2, 0.25) is 0 Å². The average Bonchev–Trinajstić information content (AvgIpc) is 2.38. The Hall–Kier alpha value is -2.23. The summed E-state index contributed by atoms with van der Waals surface area (Å²) in [7, 11) is 0. The van der Waals surface area contributed by atoms with E-state index in [2.05, 4.69) is 0 Å². The molecule has 0 aliphatic carbocycles. The van der Waals surface area contributed by atoms with Crippen LogP contribution < -0.4 is 9.47 Å². The molecule has 1 aliphatic rings. The molecule has 0 saturated heterocycles. The first kappa shape index (κ1) is 10.9. The summed E-state index contributed by atoms with van der Waals surface area (Å²) in [5.74, 6) is 0.732. The molecule has 3 nitrogen and oxygen atoms in total. The SMILES string of the molecule is Oc1ccc(-c2ccc3c(c2)OCCO3)c(F)c1. The maximum Gasteiger partial charge on any atom is 0.161 e. The monoisotopic (exact) mass is 246 g/mol. The van der Waals surface area contributed by atoms with Gasteiger partial charge in [-0.25, -0.2) is 4.39 Å². The molecule has 92 valence electrons. The summed E-state index contributed by atoms with van der Waals surface area (Å²) >= 11 is 0. The predicted molar refractivity (Wildman–Crippen MR) is 64.5 cm³/mol. The molecule has 18 heavy (non-hydrogen) atoms. The van der Waals surface area contributed by atoms with Gasteiger partial charge in [-0.1, -0.05) is 6.07 Å². The van der Waals surface area contributed by atoms with E-state index in [-0.39, 0.29) is 5.75 Å². The van der Waals surface area contributed by atoms with Crippen molar-refractivity contribution in [3.05, 3.63) is 42.2 Å². The van der Waals surface area contributed by atoms with E-state index in [1.807, 2.05) is 0 Å². The molecule has 4 heteroatoms. The minimum absolute atomic E-state index is 0.0891. The molecule has 1 heterocycles. The number of phenolic OH excluding ortho intramolecular Hbond substituents is 1. The molecule has 0 amide bonds. The molecule has 0 radical (unpaired) electrons. The van der Waals surface area contributed by atoms with Crippen molar-refractivity contribution in [2.45, 2.75) is 0 Å². The zero-order valence-electron chi connectivity index (χ0n) is 9.52. The topological polar surface area (TPSA) is 38.7 Å². The highest BCUT2D eigenvalue weighted by molar-refractivity contribution is 5.68. The number of benzene rings is 2. The zero-order chi connectivity index (χ0) is 12.5. The summed E-state index contributed by atoms with van der Waals surface area (Å²) in [4.78, 5) is 0. The van der Waals surface area contributed by atoms with E-state index in [4.69, 9.17) is 9.47 Å². The molecule has 0 unspecified atom stereocenters. The number of ether oxygens (including phenoxy) is 2. The van der Waals surface area contributed by atoms with Crippen molar-refractivity contribution in [2.75, 3.05) is 13.2 Å². The number of hydrogen-bond acceptors (Lipinski definition) is 3. The smallest absolute Gasteiger partial charge is 0.161 e. The lowest BCUT2D eigenvalue weighted by molar-refractivity contribution is 0.171. The van der Waals surface area contributed by atoms with Gasteiger partial charge in [0.05, 0.1) is 0 Å². The van der Waals surface area contributed by atoms with Gasteiger partial charge in [-0.15, -0.1) is 0 Å². The summed E-state index contributed by atoms with van der Waals surface area (Å²) in [5.41, 5.74) is 1.11. The Balaban J connectivity index is 2.06. The van der Waals surface area contributed by atoms with Gasteiger partial charge < -0.3 is 14.6 Å². The fraction of sp³-hybridized carbons (Fsp3) is 0.143. The molecule has 3 rings (SSSR count). The third-order valence-corrected chi connectivity index (χ3v) is 2.81. The Morgan fingerprint density at radius 2 is 1.72 bits per heavy atom. The van der Waals surface area contributed by atoms with Gasteiger partial charge in [-0.05, 0) is 29.8 Å². The van der Waals surface area contributed by atoms with Crippen LogP contribution in [0.15, 0.2) is 36.4 Å². The van der Waals surface area contributed by atoms with Gasteiger partial charge >= 0.3 is 0 Å². The molecule has 2 aromatic rings. The number of hydrogen-bond donors (Lipinski definition) is 1. The summed E-state index contributed by atoms with van der Waals surface area (Å²) in [5, 5.41) is 9.19. The van der Waals surface area contributed by atoms with E-state index >= 15 is 0 Å². The van der Waals surface area contributed by atoms with Crippen LogP contribution in [0.3, 0.4) is 0 Å². The third-order valence-electron chi connectivity index (χ3n) is 2.81. The van der Waals surface area contributed by atoms with Gasteiger partial charge in [-0.2, -0.15) is 0 Å². The first-order chi connectivity index (χ1) is 8.74. The second-order valence-electron chi connectivity index (χ2n) is 4.02. The van der Waals surface area contributed by atoms with Crippen LogP contribution in [0.25, 0.3) is 11.1 Å². The van der Waals surface area contributed by atoms with E-state index in [1.165, 1.54) is 12.1 Å².